The summed E-state index contributed by atoms with van der Waals surface area (Å²) < 4.78 is 0.651. The molecule has 0 radical (unpaired) electrons. The molecule has 8 heteroatoms. The summed E-state index contributed by atoms with van der Waals surface area (Å²) in [5, 5.41) is 0.957. The van der Waals surface area contributed by atoms with Gasteiger partial charge in [0, 0.05) is 11.0 Å². The molecule has 25 heavy (non-hydrogen) atoms. The summed E-state index contributed by atoms with van der Waals surface area (Å²) in [5.41, 5.74) is 6.16. The van der Waals surface area contributed by atoms with E-state index in [1.807, 2.05) is 6.07 Å². The Labute approximate surface area is 164 Å². The van der Waals surface area contributed by atoms with Crippen molar-refractivity contribution in [1.82, 2.24) is 15.8 Å². The van der Waals surface area contributed by atoms with Crippen LogP contribution in [0.4, 0.5) is 0 Å². The van der Waals surface area contributed by atoms with E-state index in [1.54, 1.807) is 48.3 Å². The van der Waals surface area contributed by atoms with Gasteiger partial charge in [0.2, 0.25) is 0 Å². The summed E-state index contributed by atoms with van der Waals surface area (Å²) in [6.45, 7) is 0.624. The predicted molar refractivity (Wildman–Crippen MR) is 103 cm³/mol. The summed E-state index contributed by atoms with van der Waals surface area (Å²) in [4.78, 5) is 25.8. The second kappa shape index (κ2) is 9.20. The van der Waals surface area contributed by atoms with Crippen LogP contribution in [0.25, 0.3) is 0 Å². The zero-order valence-corrected chi connectivity index (χ0v) is 16.5. The normalized spacial score (nSPS) is 10.6. The molecule has 0 heterocycles. The van der Waals surface area contributed by atoms with E-state index in [0.717, 1.165) is 5.56 Å². The first-order chi connectivity index (χ1) is 11.9. The van der Waals surface area contributed by atoms with Gasteiger partial charge in [-0.15, -0.1) is 0 Å². The molecule has 0 atom stereocenters. The largest absolute Gasteiger partial charge is 0.293 e. The van der Waals surface area contributed by atoms with Gasteiger partial charge >= 0.3 is 0 Å². The molecule has 0 bridgehead atoms. The highest BCUT2D eigenvalue weighted by molar-refractivity contribution is 9.10. The van der Waals surface area contributed by atoms with E-state index in [-0.39, 0.29) is 12.5 Å². The fourth-order valence-corrected chi connectivity index (χ4v) is 2.91. The molecule has 2 rings (SSSR count). The van der Waals surface area contributed by atoms with Crippen molar-refractivity contribution in [3.05, 3.63) is 68.1 Å². The molecule has 0 aliphatic carbocycles. The van der Waals surface area contributed by atoms with Gasteiger partial charge in [0.1, 0.15) is 0 Å². The lowest BCUT2D eigenvalue weighted by Gasteiger charge is -2.17. The lowest BCUT2D eigenvalue weighted by Crippen LogP contribution is -2.45. The van der Waals surface area contributed by atoms with E-state index in [0.29, 0.717) is 26.6 Å². The third-order valence-electron chi connectivity index (χ3n) is 3.28. The third kappa shape index (κ3) is 6.01. The van der Waals surface area contributed by atoms with Gasteiger partial charge in [-0.25, -0.2) is 0 Å². The van der Waals surface area contributed by atoms with Gasteiger partial charge < -0.3 is 0 Å². The summed E-state index contributed by atoms with van der Waals surface area (Å²) in [6.07, 6.45) is 0. The molecule has 2 aromatic rings. The van der Waals surface area contributed by atoms with Crippen molar-refractivity contribution in [2.45, 2.75) is 6.54 Å². The number of hydrogen-bond donors (Lipinski definition) is 2. The number of carbonyl (C=O) groups is 2. The number of carbonyl (C=O) groups excluding carboxylic acids is 2. The first-order valence-corrected chi connectivity index (χ1v) is 8.88. The van der Waals surface area contributed by atoms with Crippen molar-refractivity contribution < 1.29 is 9.59 Å². The van der Waals surface area contributed by atoms with Gasteiger partial charge in [-0.2, -0.15) is 0 Å². The van der Waals surface area contributed by atoms with E-state index in [4.69, 9.17) is 23.2 Å². The molecule has 2 aromatic carbocycles. The highest BCUT2D eigenvalue weighted by Gasteiger charge is 2.12. The zero-order valence-electron chi connectivity index (χ0n) is 13.4. The average molecular weight is 445 g/mol. The molecule has 0 fully saturated rings. The van der Waals surface area contributed by atoms with Gasteiger partial charge in [-0.1, -0.05) is 41.4 Å². The van der Waals surface area contributed by atoms with Crippen LogP contribution < -0.4 is 10.9 Å². The van der Waals surface area contributed by atoms with Crippen molar-refractivity contribution in [3.8, 4) is 0 Å². The SMILES string of the molecule is CN(CC(=O)NNC(=O)c1ccccc1Br)Cc1ccc(Cl)c(Cl)c1. The number of nitrogens with zero attached hydrogens (tertiary/aromatic N) is 1. The minimum absolute atomic E-state index is 0.108. The van der Waals surface area contributed by atoms with E-state index in [9.17, 15) is 9.59 Å². The lowest BCUT2D eigenvalue weighted by molar-refractivity contribution is -0.122. The first kappa shape index (κ1) is 19.7. The van der Waals surface area contributed by atoms with Crippen LogP contribution in [0.15, 0.2) is 46.9 Å². The first-order valence-electron chi connectivity index (χ1n) is 7.33. The third-order valence-corrected chi connectivity index (χ3v) is 4.71. The summed E-state index contributed by atoms with van der Waals surface area (Å²) in [6, 6.07) is 12.3. The number of hydrazine groups is 1. The minimum Gasteiger partial charge on any atom is -0.293 e. The van der Waals surface area contributed by atoms with Crippen LogP contribution >= 0.6 is 39.1 Å². The molecule has 132 valence electrons. The molecule has 0 saturated carbocycles. The Morgan fingerprint density at radius 3 is 2.48 bits per heavy atom. The maximum absolute atomic E-state index is 12.0. The highest BCUT2D eigenvalue weighted by atomic mass is 79.9. The average Bonchev–Trinajstić information content (AvgIpc) is 2.56. The summed E-state index contributed by atoms with van der Waals surface area (Å²) >= 11 is 15.1. The topological polar surface area (TPSA) is 61.4 Å². The van der Waals surface area contributed by atoms with Crippen molar-refractivity contribution in [2.24, 2.45) is 0 Å². The van der Waals surface area contributed by atoms with Crippen LogP contribution in [0, 0.1) is 0 Å². The fourth-order valence-electron chi connectivity index (χ4n) is 2.13. The van der Waals surface area contributed by atoms with Crippen LogP contribution in [0.2, 0.25) is 10.0 Å². The molecule has 0 aromatic heterocycles. The lowest BCUT2D eigenvalue weighted by atomic mass is 10.2. The molecule has 0 aliphatic heterocycles. The van der Waals surface area contributed by atoms with Gasteiger partial charge in [0.25, 0.3) is 11.8 Å². The number of rotatable bonds is 5. The minimum atomic E-state index is -0.395. The van der Waals surface area contributed by atoms with Gasteiger partial charge in [0.05, 0.1) is 22.2 Å². The molecular formula is C17H16BrCl2N3O2. The Hall–Kier alpha value is -1.60. The Kier molecular flexibility index (Phi) is 7.25. The number of halogens is 3. The number of likely N-dealkylation sites (N-methyl/N-ethyl adjacent to an activating group) is 1. The van der Waals surface area contributed by atoms with E-state index < -0.39 is 5.91 Å². The van der Waals surface area contributed by atoms with Gasteiger partial charge in [-0.3, -0.25) is 25.3 Å². The fraction of sp³-hybridized carbons (Fsp3) is 0.176. The highest BCUT2D eigenvalue weighted by Crippen LogP contribution is 2.23. The molecule has 2 amide bonds. The van der Waals surface area contributed by atoms with Gasteiger partial charge in [-0.05, 0) is 52.8 Å². The molecule has 0 saturated heterocycles. The maximum Gasteiger partial charge on any atom is 0.270 e. The Morgan fingerprint density at radius 2 is 1.80 bits per heavy atom. The molecule has 0 aliphatic rings. The van der Waals surface area contributed by atoms with Crippen LogP contribution in [-0.4, -0.2) is 30.3 Å². The van der Waals surface area contributed by atoms with Crippen LogP contribution in [0.3, 0.4) is 0 Å². The van der Waals surface area contributed by atoms with E-state index in [1.165, 1.54) is 0 Å². The standard InChI is InChI=1S/C17H16BrCl2N3O2/c1-23(9-11-6-7-14(19)15(20)8-11)10-16(24)21-22-17(25)12-4-2-3-5-13(12)18/h2-8H,9-10H2,1H3,(H,21,24)(H,22,25). The van der Waals surface area contributed by atoms with Gasteiger partial charge in [0.15, 0.2) is 0 Å². The van der Waals surface area contributed by atoms with Crippen molar-refractivity contribution in [3.63, 3.8) is 0 Å². The van der Waals surface area contributed by atoms with E-state index >= 15 is 0 Å². The second-order valence-corrected chi connectivity index (χ2v) is 7.07. The number of benzene rings is 2. The number of nitrogens with one attached hydrogen (secondary N) is 2. The number of hydrogen-bond acceptors (Lipinski definition) is 3. The predicted octanol–water partition coefficient (Wildman–Crippen LogP) is 3.65. The van der Waals surface area contributed by atoms with Crippen molar-refractivity contribution >= 4 is 50.9 Å². The quantitative estimate of drug-likeness (QED) is 0.692. The zero-order chi connectivity index (χ0) is 18.4. The molecule has 5 nitrogen and oxygen atoms in total. The molecule has 0 spiro atoms. The second-order valence-electron chi connectivity index (χ2n) is 5.40. The van der Waals surface area contributed by atoms with E-state index in [2.05, 4.69) is 26.8 Å². The maximum atomic E-state index is 12.0. The molecular weight excluding hydrogens is 429 g/mol. The monoisotopic (exact) mass is 443 g/mol. The van der Waals surface area contributed by atoms with Crippen LogP contribution in [0.1, 0.15) is 15.9 Å². The van der Waals surface area contributed by atoms with Crippen LogP contribution in [-0.2, 0) is 11.3 Å². The molecule has 0 unspecified atom stereocenters. The Morgan fingerprint density at radius 1 is 1.08 bits per heavy atom. The van der Waals surface area contributed by atoms with Crippen molar-refractivity contribution in [1.29, 1.82) is 0 Å². The molecule has 2 N–H and O–H groups in total. The van der Waals surface area contributed by atoms with Crippen LogP contribution in [0.5, 0.6) is 0 Å². The Balaban J connectivity index is 1.82. The van der Waals surface area contributed by atoms with Crippen molar-refractivity contribution in [2.75, 3.05) is 13.6 Å². The number of amides is 2. The smallest absolute Gasteiger partial charge is 0.270 e. The Bertz CT molecular complexity index is 786. The summed E-state index contributed by atoms with van der Waals surface area (Å²) in [5.74, 6) is -0.726. The summed E-state index contributed by atoms with van der Waals surface area (Å²) in [7, 11) is 1.79.